The van der Waals surface area contributed by atoms with Gasteiger partial charge in [0.15, 0.2) is 0 Å². The van der Waals surface area contributed by atoms with E-state index in [9.17, 15) is 5.11 Å². The van der Waals surface area contributed by atoms with Crippen LogP contribution in [0, 0.1) is 0 Å². The van der Waals surface area contributed by atoms with E-state index in [1.165, 1.54) is 0 Å². The van der Waals surface area contributed by atoms with E-state index >= 15 is 0 Å². The van der Waals surface area contributed by atoms with Gasteiger partial charge in [0.1, 0.15) is 11.5 Å². The Morgan fingerprint density at radius 1 is 1.29 bits per heavy atom. The molecule has 0 aliphatic rings. The quantitative estimate of drug-likeness (QED) is 0.908. The number of aliphatic hydroxyl groups excluding tert-OH is 1. The molecule has 0 saturated heterocycles. The number of aliphatic hydroxyl groups is 1. The lowest BCUT2D eigenvalue weighted by molar-refractivity contribution is 0.193. The number of halogens is 1. The molecule has 0 aliphatic carbocycles. The van der Waals surface area contributed by atoms with Crippen LogP contribution < -0.4 is 9.47 Å². The van der Waals surface area contributed by atoms with Crippen molar-refractivity contribution in [2.24, 2.45) is 0 Å². The highest BCUT2D eigenvalue weighted by Gasteiger charge is 2.14. The molecule has 0 spiro atoms. The van der Waals surface area contributed by atoms with Crippen molar-refractivity contribution in [3.8, 4) is 11.5 Å². The van der Waals surface area contributed by atoms with Crippen LogP contribution in [0.3, 0.4) is 0 Å². The largest absolute Gasteiger partial charge is 0.497 e. The predicted octanol–water partition coefficient (Wildman–Crippen LogP) is 2.52. The summed E-state index contributed by atoms with van der Waals surface area (Å²) in [7, 11) is 3.15. The predicted molar refractivity (Wildman–Crippen MR) is 57.9 cm³/mol. The SMILES string of the molecule is COc1cc(Br)c(C(C)O)c(OC)c1. The van der Waals surface area contributed by atoms with E-state index in [2.05, 4.69) is 15.9 Å². The van der Waals surface area contributed by atoms with Crippen LogP contribution in [0.1, 0.15) is 18.6 Å². The van der Waals surface area contributed by atoms with Crippen molar-refractivity contribution in [3.05, 3.63) is 22.2 Å². The number of hydrogen-bond acceptors (Lipinski definition) is 3. The molecule has 0 amide bonds. The Kier molecular flexibility index (Phi) is 3.77. The zero-order valence-corrected chi connectivity index (χ0v) is 9.96. The van der Waals surface area contributed by atoms with Gasteiger partial charge in [-0.25, -0.2) is 0 Å². The fourth-order valence-electron chi connectivity index (χ4n) is 1.26. The Bertz CT molecular complexity index is 323. The molecule has 0 aliphatic heterocycles. The van der Waals surface area contributed by atoms with Gasteiger partial charge < -0.3 is 14.6 Å². The third-order valence-electron chi connectivity index (χ3n) is 1.94. The molecule has 1 rings (SSSR count). The Labute approximate surface area is 91.8 Å². The zero-order valence-electron chi connectivity index (χ0n) is 8.37. The van der Waals surface area contributed by atoms with E-state index in [1.807, 2.05) is 0 Å². The van der Waals surface area contributed by atoms with E-state index in [4.69, 9.17) is 9.47 Å². The third kappa shape index (κ3) is 2.19. The summed E-state index contributed by atoms with van der Waals surface area (Å²) in [5, 5.41) is 9.53. The van der Waals surface area contributed by atoms with Crippen molar-refractivity contribution in [3.63, 3.8) is 0 Å². The van der Waals surface area contributed by atoms with Crippen LogP contribution in [0.5, 0.6) is 11.5 Å². The van der Waals surface area contributed by atoms with Crippen LogP contribution in [-0.4, -0.2) is 19.3 Å². The molecule has 1 atom stereocenters. The lowest BCUT2D eigenvalue weighted by Gasteiger charge is -2.14. The molecular formula is C10H13BrO3. The van der Waals surface area contributed by atoms with Crippen LogP contribution in [0.15, 0.2) is 16.6 Å². The highest BCUT2D eigenvalue weighted by atomic mass is 79.9. The lowest BCUT2D eigenvalue weighted by Crippen LogP contribution is -1.98. The number of methoxy groups -OCH3 is 2. The van der Waals surface area contributed by atoms with Crippen molar-refractivity contribution >= 4 is 15.9 Å². The van der Waals surface area contributed by atoms with Crippen LogP contribution in [0.4, 0.5) is 0 Å². The second-order valence-corrected chi connectivity index (χ2v) is 3.76. The molecule has 1 unspecified atom stereocenters. The molecule has 0 heterocycles. The van der Waals surface area contributed by atoms with Crippen LogP contribution in [0.2, 0.25) is 0 Å². The third-order valence-corrected chi connectivity index (χ3v) is 2.59. The van der Waals surface area contributed by atoms with E-state index in [0.717, 1.165) is 10.0 Å². The molecule has 0 fully saturated rings. The molecule has 78 valence electrons. The van der Waals surface area contributed by atoms with Gasteiger partial charge in [-0.1, -0.05) is 15.9 Å². The Morgan fingerprint density at radius 3 is 2.36 bits per heavy atom. The second kappa shape index (κ2) is 4.66. The van der Waals surface area contributed by atoms with Crippen molar-refractivity contribution in [2.75, 3.05) is 14.2 Å². The highest BCUT2D eigenvalue weighted by molar-refractivity contribution is 9.10. The molecule has 1 aromatic carbocycles. The van der Waals surface area contributed by atoms with Gasteiger partial charge in [-0.05, 0) is 13.0 Å². The van der Waals surface area contributed by atoms with Gasteiger partial charge in [0, 0.05) is 16.1 Å². The summed E-state index contributed by atoms with van der Waals surface area (Å²) < 4.78 is 11.0. The summed E-state index contributed by atoms with van der Waals surface area (Å²) in [4.78, 5) is 0. The minimum Gasteiger partial charge on any atom is -0.497 e. The van der Waals surface area contributed by atoms with Gasteiger partial charge in [-0.15, -0.1) is 0 Å². The smallest absolute Gasteiger partial charge is 0.129 e. The van der Waals surface area contributed by atoms with E-state index < -0.39 is 6.10 Å². The standard InChI is InChI=1S/C10H13BrO3/c1-6(12)10-8(11)4-7(13-2)5-9(10)14-3/h4-6,12H,1-3H3. The zero-order chi connectivity index (χ0) is 10.7. The summed E-state index contributed by atoms with van der Waals surface area (Å²) in [6.45, 7) is 1.69. The first-order valence-electron chi connectivity index (χ1n) is 4.19. The van der Waals surface area contributed by atoms with Crippen molar-refractivity contribution in [1.82, 2.24) is 0 Å². The van der Waals surface area contributed by atoms with Crippen LogP contribution in [-0.2, 0) is 0 Å². The molecule has 4 heteroatoms. The van der Waals surface area contributed by atoms with Gasteiger partial charge >= 0.3 is 0 Å². The highest BCUT2D eigenvalue weighted by Crippen LogP contribution is 2.36. The maximum absolute atomic E-state index is 9.53. The molecule has 0 bridgehead atoms. The first kappa shape index (κ1) is 11.3. The first-order valence-corrected chi connectivity index (χ1v) is 4.99. The Morgan fingerprint density at radius 2 is 1.93 bits per heavy atom. The summed E-state index contributed by atoms with van der Waals surface area (Å²) in [6.07, 6.45) is -0.578. The average Bonchev–Trinajstić information content (AvgIpc) is 2.15. The maximum Gasteiger partial charge on any atom is 0.129 e. The molecule has 3 nitrogen and oxygen atoms in total. The van der Waals surface area contributed by atoms with E-state index in [1.54, 1.807) is 33.3 Å². The molecule has 0 aromatic heterocycles. The topological polar surface area (TPSA) is 38.7 Å². The summed E-state index contributed by atoms with van der Waals surface area (Å²) in [6, 6.07) is 3.54. The summed E-state index contributed by atoms with van der Waals surface area (Å²) in [5.74, 6) is 1.31. The van der Waals surface area contributed by atoms with Gasteiger partial charge in [-0.2, -0.15) is 0 Å². The monoisotopic (exact) mass is 260 g/mol. The van der Waals surface area contributed by atoms with Gasteiger partial charge in [-0.3, -0.25) is 0 Å². The lowest BCUT2D eigenvalue weighted by atomic mass is 10.1. The first-order chi connectivity index (χ1) is 6.60. The summed E-state index contributed by atoms with van der Waals surface area (Å²) in [5.41, 5.74) is 0.730. The molecule has 1 N–H and O–H groups in total. The van der Waals surface area contributed by atoms with Crippen molar-refractivity contribution in [1.29, 1.82) is 0 Å². The van der Waals surface area contributed by atoms with Gasteiger partial charge in [0.2, 0.25) is 0 Å². The minimum absolute atomic E-state index is 0.578. The van der Waals surface area contributed by atoms with Crippen LogP contribution in [0.25, 0.3) is 0 Å². The van der Waals surface area contributed by atoms with Gasteiger partial charge in [0.05, 0.1) is 20.3 Å². The summed E-state index contributed by atoms with van der Waals surface area (Å²) >= 11 is 3.36. The van der Waals surface area contributed by atoms with Gasteiger partial charge in [0.25, 0.3) is 0 Å². The Hall–Kier alpha value is -0.740. The molecule has 0 radical (unpaired) electrons. The average molecular weight is 261 g/mol. The fourth-order valence-corrected chi connectivity index (χ4v) is 2.01. The van der Waals surface area contributed by atoms with Crippen LogP contribution >= 0.6 is 15.9 Å². The molecule has 14 heavy (non-hydrogen) atoms. The Balaban J connectivity index is 3.27. The second-order valence-electron chi connectivity index (χ2n) is 2.90. The van der Waals surface area contributed by atoms with E-state index in [0.29, 0.717) is 11.5 Å². The number of benzene rings is 1. The van der Waals surface area contributed by atoms with Crippen molar-refractivity contribution in [2.45, 2.75) is 13.0 Å². The molecule has 0 saturated carbocycles. The van der Waals surface area contributed by atoms with E-state index in [-0.39, 0.29) is 0 Å². The number of ether oxygens (including phenoxy) is 2. The molecular weight excluding hydrogens is 248 g/mol. The minimum atomic E-state index is -0.578. The number of rotatable bonds is 3. The molecule has 1 aromatic rings. The normalized spacial score (nSPS) is 12.4. The van der Waals surface area contributed by atoms with Crippen molar-refractivity contribution < 1.29 is 14.6 Å². The fraction of sp³-hybridized carbons (Fsp3) is 0.400. The maximum atomic E-state index is 9.53. The number of hydrogen-bond donors (Lipinski definition) is 1.